The zero-order chi connectivity index (χ0) is 13.4. The lowest BCUT2D eigenvalue weighted by atomic mass is 9.70. The third kappa shape index (κ3) is 2.55. The van der Waals surface area contributed by atoms with Gasteiger partial charge >= 0.3 is 0 Å². The van der Waals surface area contributed by atoms with E-state index in [0.717, 1.165) is 19.3 Å². The van der Waals surface area contributed by atoms with Crippen LogP contribution in [0.1, 0.15) is 39.0 Å². The van der Waals surface area contributed by atoms with Crippen LogP contribution in [0.5, 0.6) is 0 Å². The third-order valence-corrected chi connectivity index (χ3v) is 6.33. The first kappa shape index (κ1) is 13.8. The fraction of sp³-hybridized carbons (Fsp3) is 0.923. The van der Waals surface area contributed by atoms with E-state index in [2.05, 4.69) is 13.0 Å². The summed E-state index contributed by atoms with van der Waals surface area (Å²) in [4.78, 5) is 0. The van der Waals surface area contributed by atoms with Gasteiger partial charge in [0.2, 0.25) is 0 Å². The Balaban J connectivity index is 2.16. The van der Waals surface area contributed by atoms with Gasteiger partial charge in [-0.05, 0) is 31.1 Å². The van der Waals surface area contributed by atoms with Crippen LogP contribution < -0.4 is 0 Å². The van der Waals surface area contributed by atoms with E-state index in [0.29, 0.717) is 5.92 Å². The van der Waals surface area contributed by atoms with E-state index in [1.165, 1.54) is 6.42 Å². The van der Waals surface area contributed by atoms with Crippen LogP contribution in [0.25, 0.3) is 0 Å². The van der Waals surface area contributed by atoms with Gasteiger partial charge in [-0.25, -0.2) is 8.42 Å². The second-order valence-corrected chi connectivity index (χ2v) is 8.27. The van der Waals surface area contributed by atoms with Crippen molar-refractivity contribution in [2.75, 3.05) is 11.5 Å². The van der Waals surface area contributed by atoms with Crippen molar-refractivity contribution in [3.8, 4) is 6.07 Å². The summed E-state index contributed by atoms with van der Waals surface area (Å²) in [6, 6.07) is 2.12. The van der Waals surface area contributed by atoms with Crippen LogP contribution in [0.2, 0.25) is 0 Å². The van der Waals surface area contributed by atoms with Crippen molar-refractivity contribution >= 4 is 9.84 Å². The number of hydrogen-bond donors (Lipinski definition) is 1. The summed E-state index contributed by atoms with van der Waals surface area (Å²) in [6.45, 7) is 2.16. The Morgan fingerprint density at radius 1 is 1.44 bits per heavy atom. The topological polar surface area (TPSA) is 78.2 Å². The minimum absolute atomic E-state index is 0.0416. The fourth-order valence-corrected chi connectivity index (χ4v) is 5.47. The monoisotopic (exact) mass is 271 g/mol. The average Bonchev–Trinajstić information content (AvgIpc) is 2.65. The van der Waals surface area contributed by atoms with Crippen molar-refractivity contribution in [2.24, 2.45) is 17.3 Å². The molecule has 0 aromatic carbocycles. The molecule has 102 valence electrons. The van der Waals surface area contributed by atoms with Crippen LogP contribution >= 0.6 is 0 Å². The number of aliphatic hydroxyl groups is 1. The molecule has 2 aliphatic rings. The quantitative estimate of drug-likeness (QED) is 0.825. The molecular weight excluding hydrogens is 250 g/mol. The predicted molar refractivity (Wildman–Crippen MR) is 68.4 cm³/mol. The molecule has 0 amide bonds. The summed E-state index contributed by atoms with van der Waals surface area (Å²) < 4.78 is 23.2. The number of rotatable bonds is 2. The third-order valence-electron chi connectivity index (χ3n) is 4.55. The Kier molecular flexibility index (Phi) is 3.70. The smallest absolute Gasteiger partial charge is 0.152 e. The lowest BCUT2D eigenvalue weighted by Gasteiger charge is -2.36. The van der Waals surface area contributed by atoms with E-state index in [1.807, 2.05) is 0 Å². The van der Waals surface area contributed by atoms with Gasteiger partial charge < -0.3 is 5.11 Å². The second kappa shape index (κ2) is 4.82. The highest BCUT2D eigenvalue weighted by molar-refractivity contribution is 7.91. The molecule has 0 aromatic rings. The van der Waals surface area contributed by atoms with Gasteiger partial charge in [0.05, 0.1) is 29.1 Å². The molecule has 0 radical (unpaired) electrons. The van der Waals surface area contributed by atoms with E-state index in [4.69, 9.17) is 0 Å². The van der Waals surface area contributed by atoms with Gasteiger partial charge in [0, 0.05) is 0 Å². The van der Waals surface area contributed by atoms with Crippen molar-refractivity contribution < 1.29 is 13.5 Å². The highest BCUT2D eigenvalue weighted by Gasteiger charge is 2.50. The SMILES string of the molecule is CC1CCCC(C(O)C2(C#N)CCS(=O)(=O)C2)C1. The fourth-order valence-electron chi connectivity index (χ4n) is 3.48. The van der Waals surface area contributed by atoms with Crippen molar-refractivity contribution in [3.05, 3.63) is 0 Å². The lowest BCUT2D eigenvalue weighted by molar-refractivity contribution is 0.00298. The van der Waals surface area contributed by atoms with Crippen LogP contribution in [0.4, 0.5) is 0 Å². The molecule has 1 saturated heterocycles. The van der Waals surface area contributed by atoms with Gasteiger partial charge in [-0.1, -0.05) is 19.8 Å². The summed E-state index contributed by atoms with van der Waals surface area (Å²) in [6.07, 6.45) is 3.55. The Bertz CT molecular complexity index is 453. The van der Waals surface area contributed by atoms with Crippen molar-refractivity contribution in [2.45, 2.75) is 45.1 Å². The maximum atomic E-state index is 11.6. The predicted octanol–water partition coefficient (Wildman–Crippen LogP) is 1.50. The molecule has 4 unspecified atom stereocenters. The maximum Gasteiger partial charge on any atom is 0.152 e. The number of nitrogens with zero attached hydrogens (tertiary/aromatic N) is 1. The molecule has 0 bridgehead atoms. The number of nitriles is 1. The largest absolute Gasteiger partial charge is 0.391 e. The molecule has 2 rings (SSSR count). The van der Waals surface area contributed by atoms with Crippen LogP contribution in [-0.2, 0) is 9.84 Å². The molecule has 0 spiro atoms. The van der Waals surface area contributed by atoms with E-state index in [9.17, 15) is 18.8 Å². The molecule has 1 N–H and O–H groups in total. The molecule has 1 saturated carbocycles. The van der Waals surface area contributed by atoms with E-state index in [1.54, 1.807) is 0 Å². The first-order valence-electron chi connectivity index (χ1n) is 6.68. The Hall–Kier alpha value is -0.600. The molecule has 0 aromatic heterocycles. The highest BCUT2D eigenvalue weighted by atomic mass is 32.2. The van der Waals surface area contributed by atoms with E-state index >= 15 is 0 Å². The maximum absolute atomic E-state index is 11.6. The zero-order valence-electron chi connectivity index (χ0n) is 10.8. The Morgan fingerprint density at radius 2 is 2.17 bits per heavy atom. The first-order chi connectivity index (χ1) is 8.38. The molecule has 1 aliphatic heterocycles. The van der Waals surface area contributed by atoms with E-state index < -0.39 is 21.4 Å². The summed E-state index contributed by atoms with van der Waals surface area (Å²) >= 11 is 0. The molecule has 5 heteroatoms. The molecule has 1 heterocycles. The Labute approximate surface area is 109 Å². The Morgan fingerprint density at radius 3 is 2.67 bits per heavy atom. The van der Waals surface area contributed by atoms with Crippen molar-refractivity contribution in [3.63, 3.8) is 0 Å². The van der Waals surface area contributed by atoms with Gasteiger partial charge in [0.25, 0.3) is 0 Å². The lowest BCUT2D eigenvalue weighted by Crippen LogP contribution is -2.42. The molecular formula is C13H21NO3S. The normalized spacial score (nSPS) is 41.2. The molecule has 1 aliphatic carbocycles. The van der Waals surface area contributed by atoms with Gasteiger partial charge in [0.15, 0.2) is 9.84 Å². The molecule has 2 fully saturated rings. The van der Waals surface area contributed by atoms with Gasteiger partial charge in [0.1, 0.15) is 0 Å². The van der Waals surface area contributed by atoms with Gasteiger partial charge in [-0.2, -0.15) is 5.26 Å². The molecule has 4 atom stereocenters. The number of hydrogen-bond acceptors (Lipinski definition) is 4. The average molecular weight is 271 g/mol. The summed E-state index contributed by atoms with van der Waals surface area (Å²) in [5.41, 5.74) is -1.05. The van der Waals surface area contributed by atoms with E-state index in [-0.39, 0.29) is 23.8 Å². The summed E-state index contributed by atoms with van der Waals surface area (Å²) in [5, 5.41) is 19.8. The van der Waals surface area contributed by atoms with Crippen LogP contribution in [-0.4, -0.2) is 31.1 Å². The first-order valence-corrected chi connectivity index (χ1v) is 8.50. The van der Waals surface area contributed by atoms with Crippen LogP contribution in [0.15, 0.2) is 0 Å². The van der Waals surface area contributed by atoms with Crippen molar-refractivity contribution in [1.29, 1.82) is 5.26 Å². The van der Waals surface area contributed by atoms with Crippen LogP contribution in [0, 0.1) is 28.6 Å². The van der Waals surface area contributed by atoms with Gasteiger partial charge in [-0.15, -0.1) is 0 Å². The number of sulfone groups is 1. The summed E-state index contributed by atoms with van der Waals surface area (Å²) in [7, 11) is -3.15. The van der Waals surface area contributed by atoms with Gasteiger partial charge in [-0.3, -0.25) is 0 Å². The zero-order valence-corrected chi connectivity index (χ0v) is 11.6. The molecule has 4 nitrogen and oxygen atoms in total. The summed E-state index contributed by atoms with van der Waals surface area (Å²) in [5.74, 6) is 0.525. The van der Waals surface area contributed by atoms with Crippen LogP contribution in [0.3, 0.4) is 0 Å². The number of aliphatic hydroxyl groups excluding tert-OH is 1. The molecule has 18 heavy (non-hydrogen) atoms. The minimum atomic E-state index is -3.15. The minimum Gasteiger partial charge on any atom is -0.391 e. The van der Waals surface area contributed by atoms with Crippen molar-refractivity contribution in [1.82, 2.24) is 0 Å². The second-order valence-electron chi connectivity index (χ2n) is 6.09. The standard InChI is InChI=1S/C13H21NO3S/c1-10-3-2-4-11(7-10)12(15)13(8-14)5-6-18(16,17)9-13/h10-12,15H,2-7,9H2,1H3. The highest BCUT2D eigenvalue weighted by Crippen LogP contribution is 2.42.